The van der Waals surface area contributed by atoms with Crippen LogP contribution in [0.4, 0.5) is 0 Å². The number of benzene rings is 3. The summed E-state index contributed by atoms with van der Waals surface area (Å²) in [5.41, 5.74) is -1.78. The fourth-order valence-corrected chi connectivity index (χ4v) is 13.9. The number of carbonyl (C=O) groups is 3. The van der Waals surface area contributed by atoms with Crippen LogP contribution in [-0.4, -0.2) is 64.9 Å². The van der Waals surface area contributed by atoms with E-state index in [1.165, 1.54) is 40.6 Å². The van der Waals surface area contributed by atoms with Gasteiger partial charge in [0.2, 0.25) is 5.52 Å². The van der Waals surface area contributed by atoms with Crippen LogP contribution in [0.1, 0.15) is 72.1 Å². The predicted molar refractivity (Wildman–Crippen MR) is 193 cm³/mol. The van der Waals surface area contributed by atoms with Crippen molar-refractivity contribution in [3.05, 3.63) is 83.4 Å². The molecule has 0 bridgehead atoms. The summed E-state index contributed by atoms with van der Waals surface area (Å²) in [5, 5.41) is 0. The van der Waals surface area contributed by atoms with Crippen molar-refractivity contribution in [2.75, 3.05) is 47.8 Å². The van der Waals surface area contributed by atoms with Crippen LogP contribution < -0.4 is 18.9 Å². The fourth-order valence-electron chi connectivity index (χ4n) is 6.44. The fraction of sp³-hybridized carbons (Fsp3) is 0.432. The summed E-state index contributed by atoms with van der Waals surface area (Å²) in [7, 11) is 1.17. The molecule has 272 valence electrons. The van der Waals surface area contributed by atoms with Crippen LogP contribution in [0, 0.1) is 17.3 Å². The van der Waals surface area contributed by atoms with Crippen molar-refractivity contribution in [3.63, 3.8) is 0 Å². The Morgan fingerprint density at radius 1 is 0.660 bits per heavy atom. The SMILES string of the molecule is CCOP(=O)(OCC)P(=O)(CC(C)CC(C)(C)C(C(=O)c1c(OC)cccc1OC)C(=O)c1c(OC)cccc1OC)C(=O)c1ccccc1. The lowest BCUT2D eigenvalue weighted by atomic mass is 9.67. The molecule has 0 aliphatic carbocycles. The lowest BCUT2D eigenvalue weighted by Gasteiger charge is -2.36. The predicted octanol–water partition coefficient (Wildman–Crippen LogP) is 8.84. The van der Waals surface area contributed by atoms with E-state index >= 15 is 0 Å². The molecule has 0 aliphatic rings. The van der Waals surface area contributed by atoms with E-state index < -0.39 is 48.5 Å². The Hall–Kier alpha value is -3.75. The Morgan fingerprint density at radius 3 is 1.42 bits per heavy atom. The van der Waals surface area contributed by atoms with Gasteiger partial charge in [-0.2, -0.15) is 0 Å². The summed E-state index contributed by atoms with van der Waals surface area (Å²) < 4.78 is 62.5. The monoisotopic (exact) mass is 730 g/mol. The maximum absolute atomic E-state index is 15.0. The minimum Gasteiger partial charge on any atom is -0.496 e. The summed E-state index contributed by atoms with van der Waals surface area (Å²) in [5.74, 6) is -2.40. The highest BCUT2D eigenvalue weighted by molar-refractivity contribution is 8.39. The number of rotatable bonds is 20. The van der Waals surface area contributed by atoms with Gasteiger partial charge < -0.3 is 32.6 Å². The smallest absolute Gasteiger partial charge is 0.393 e. The molecule has 0 aromatic heterocycles. The molecule has 3 aromatic carbocycles. The van der Waals surface area contributed by atoms with Gasteiger partial charge in [0.05, 0.1) is 47.6 Å². The number of Topliss-reactive ketones (excluding diaryl/α,β-unsaturated/α-hetero) is 2. The molecule has 2 unspecified atom stereocenters. The molecule has 0 saturated carbocycles. The van der Waals surface area contributed by atoms with E-state index in [2.05, 4.69) is 0 Å². The normalized spacial score (nSPS) is 13.6. The first kappa shape index (κ1) is 40.7. The zero-order valence-corrected chi connectivity index (χ0v) is 32.0. The van der Waals surface area contributed by atoms with Gasteiger partial charge in [0.1, 0.15) is 34.1 Å². The summed E-state index contributed by atoms with van der Waals surface area (Å²) in [4.78, 5) is 43.6. The third kappa shape index (κ3) is 8.40. The quantitative estimate of drug-likeness (QED) is 0.0625. The Labute approximate surface area is 294 Å². The van der Waals surface area contributed by atoms with E-state index in [0.717, 1.165) is 0 Å². The van der Waals surface area contributed by atoms with Crippen molar-refractivity contribution in [3.8, 4) is 23.0 Å². The van der Waals surface area contributed by atoms with E-state index in [0.29, 0.717) is 0 Å². The van der Waals surface area contributed by atoms with Crippen molar-refractivity contribution in [2.45, 2.75) is 41.0 Å². The average molecular weight is 731 g/mol. The minimum absolute atomic E-state index is 0.0626. The summed E-state index contributed by atoms with van der Waals surface area (Å²) in [6.45, 7) is 3.71. The van der Waals surface area contributed by atoms with Crippen LogP contribution in [0.25, 0.3) is 0 Å². The number of hydrogen-bond donors (Lipinski definition) is 0. The molecule has 0 spiro atoms. The van der Waals surface area contributed by atoms with Crippen LogP contribution in [0.3, 0.4) is 0 Å². The Kier molecular flexibility index (Phi) is 14.2. The second-order valence-corrected chi connectivity index (χ2v) is 19.4. The second-order valence-electron chi connectivity index (χ2n) is 12.4. The lowest BCUT2D eigenvalue weighted by Crippen LogP contribution is -2.39. The first-order valence-electron chi connectivity index (χ1n) is 16.3. The molecule has 2 atom stereocenters. The van der Waals surface area contributed by atoms with Gasteiger partial charge in [0.15, 0.2) is 11.6 Å². The molecular formula is C37H48O11P2. The largest absolute Gasteiger partial charge is 0.496 e. The van der Waals surface area contributed by atoms with E-state index in [4.69, 9.17) is 28.0 Å². The van der Waals surface area contributed by atoms with Crippen molar-refractivity contribution in [2.24, 2.45) is 17.3 Å². The molecule has 0 saturated heterocycles. The van der Waals surface area contributed by atoms with Gasteiger partial charge in [-0.1, -0.05) is 63.2 Å². The maximum atomic E-state index is 15.0. The number of ketones is 2. The molecule has 0 N–H and O–H groups in total. The number of methoxy groups -OCH3 is 4. The molecular weight excluding hydrogens is 682 g/mol. The first-order valence-corrected chi connectivity index (χ1v) is 20.4. The van der Waals surface area contributed by atoms with Gasteiger partial charge in [-0.25, -0.2) is 0 Å². The topological polar surface area (TPSA) is 141 Å². The number of hydrogen-bond acceptors (Lipinski definition) is 11. The zero-order valence-electron chi connectivity index (χ0n) is 30.2. The number of ether oxygens (including phenoxy) is 4. The van der Waals surface area contributed by atoms with Gasteiger partial charge in [-0.3, -0.25) is 18.9 Å². The van der Waals surface area contributed by atoms with Gasteiger partial charge >= 0.3 is 7.28 Å². The van der Waals surface area contributed by atoms with Gasteiger partial charge in [-0.15, -0.1) is 0 Å². The van der Waals surface area contributed by atoms with Crippen LogP contribution in [-0.2, 0) is 18.2 Å². The molecule has 3 aromatic rings. The van der Waals surface area contributed by atoms with Gasteiger partial charge in [0, 0.05) is 11.7 Å². The van der Waals surface area contributed by atoms with Crippen LogP contribution >= 0.6 is 14.1 Å². The molecule has 0 aliphatic heterocycles. The molecule has 11 nitrogen and oxygen atoms in total. The first-order chi connectivity index (χ1) is 23.7. The molecule has 13 heteroatoms. The average Bonchev–Trinajstić information content (AvgIpc) is 3.10. The minimum atomic E-state index is -4.48. The third-order valence-corrected chi connectivity index (χ3v) is 16.5. The highest BCUT2D eigenvalue weighted by Gasteiger charge is 2.54. The zero-order chi connectivity index (χ0) is 37.3. The molecule has 0 amide bonds. The highest BCUT2D eigenvalue weighted by atomic mass is 32.1. The summed E-state index contributed by atoms with van der Waals surface area (Å²) >= 11 is 0. The van der Waals surface area contributed by atoms with Crippen LogP contribution in [0.2, 0.25) is 0 Å². The Balaban J connectivity index is 2.21. The molecule has 3 rings (SSSR count). The van der Waals surface area contributed by atoms with Crippen molar-refractivity contribution in [1.29, 1.82) is 0 Å². The van der Waals surface area contributed by atoms with E-state index in [-0.39, 0.29) is 65.5 Å². The molecule has 50 heavy (non-hydrogen) atoms. The van der Waals surface area contributed by atoms with Crippen LogP contribution in [0.15, 0.2) is 66.7 Å². The number of carbonyl (C=O) groups excluding carboxylic acids is 3. The molecule has 0 heterocycles. The van der Waals surface area contributed by atoms with Crippen LogP contribution in [0.5, 0.6) is 23.0 Å². The van der Waals surface area contributed by atoms with E-state index in [1.807, 2.05) is 0 Å². The van der Waals surface area contributed by atoms with Gasteiger partial charge in [-0.05, 0) is 55.9 Å². The Bertz CT molecular complexity index is 1630. The summed E-state index contributed by atoms with van der Waals surface area (Å²) in [6.07, 6.45) is -0.291. The van der Waals surface area contributed by atoms with Crippen molar-refractivity contribution >= 4 is 31.2 Å². The second kappa shape index (κ2) is 17.5. The lowest BCUT2D eigenvalue weighted by molar-refractivity contribution is 0.0634. The van der Waals surface area contributed by atoms with Crippen molar-refractivity contribution < 1.29 is 51.5 Å². The molecule has 0 radical (unpaired) electrons. The highest BCUT2D eigenvalue weighted by Crippen LogP contribution is 2.84. The standard InChI is InChI=1S/C37H48O11P2/c1-10-47-50(42,48-11-2)49(41,36(40)26-17-13-12-14-18-26)24-25(3)23-37(4,5)33(34(38)31-27(43-6)19-15-20-28(31)44-7)35(39)32-29(45-8)21-16-22-30(32)46-9/h12-22,25,33H,10-11,23-24H2,1-9H3. The molecule has 0 fully saturated rings. The van der Waals surface area contributed by atoms with E-state index in [9.17, 15) is 23.5 Å². The Morgan fingerprint density at radius 2 is 1.06 bits per heavy atom. The van der Waals surface area contributed by atoms with Crippen molar-refractivity contribution in [1.82, 2.24) is 0 Å². The van der Waals surface area contributed by atoms with Gasteiger partial charge in [0.25, 0.3) is 6.83 Å². The third-order valence-electron chi connectivity index (χ3n) is 8.41. The van der Waals surface area contributed by atoms with E-state index in [1.54, 1.807) is 89.2 Å². The summed E-state index contributed by atoms with van der Waals surface area (Å²) in [6, 6.07) is 17.7. The maximum Gasteiger partial charge on any atom is 0.393 e.